The minimum atomic E-state index is -3.45. The Balaban J connectivity index is 1.53. The van der Waals surface area contributed by atoms with Crippen molar-refractivity contribution in [2.75, 3.05) is 23.7 Å². The van der Waals surface area contributed by atoms with Gasteiger partial charge in [0.15, 0.2) is 0 Å². The molecular weight excluding hydrogens is 424 g/mol. The molecule has 0 radical (unpaired) electrons. The van der Waals surface area contributed by atoms with E-state index < -0.39 is 10.0 Å². The van der Waals surface area contributed by atoms with Gasteiger partial charge in [-0.3, -0.25) is 0 Å². The third kappa shape index (κ3) is 6.94. The Bertz CT molecular complexity index is 1110. The first-order valence-electron chi connectivity index (χ1n) is 9.30. The maximum atomic E-state index is 12.2. The number of nitrogens with one attached hydrogen (secondary N) is 3. The molecule has 0 atom stereocenters. The molecule has 3 N–H and O–H groups in total. The molecule has 0 fully saturated rings. The van der Waals surface area contributed by atoms with Gasteiger partial charge in [0, 0.05) is 30.4 Å². The maximum Gasteiger partial charge on any atom is 0.215 e. The van der Waals surface area contributed by atoms with Crippen molar-refractivity contribution in [2.24, 2.45) is 0 Å². The molecule has 158 valence electrons. The van der Waals surface area contributed by atoms with E-state index in [2.05, 4.69) is 30.3 Å². The molecule has 0 amide bonds. The van der Waals surface area contributed by atoms with E-state index in [-0.39, 0.29) is 12.3 Å². The molecule has 0 saturated carbocycles. The number of anilines is 3. The van der Waals surface area contributed by atoms with Gasteiger partial charge < -0.3 is 10.6 Å². The topological polar surface area (TPSA) is 109 Å². The monoisotopic (exact) mass is 446 g/mol. The zero-order valence-corrected chi connectivity index (χ0v) is 18.3. The van der Waals surface area contributed by atoms with E-state index in [4.69, 9.17) is 11.6 Å². The van der Waals surface area contributed by atoms with Crippen molar-refractivity contribution >= 4 is 39.1 Å². The van der Waals surface area contributed by atoms with Crippen molar-refractivity contribution in [1.82, 2.24) is 19.7 Å². The molecule has 0 saturated heterocycles. The molecule has 0 spiro atoms. The highest BCUT2D eigenvalue weighted by molar-refractivity contribution is 7.88. The van der Waals surface area contributed by atoms with Crippen LogP contribution in [0.2, 0.25) is 5.02 Å². The number of pyridine rings is 1. The molecule has 0 unspecified atom stereocenters. The summed E-state index contributed by atoms with van der Waals surface area (Å²) in [5, 5.41) is 6.83. The standard InChI is InChI=1S/C20H23ClN6O2S/c1-14-7-8-22-18(11-14)27-20-12-19(25-15(2)26-20)23-9-10-24-30(28,29)13-16-3-5-17(21)6-4-16/h3-8,11-12,24H,9-10,13H2,1-2H3,(H2,22,23,25,26,27). The first-order valence-corrected chi connectivity index (χ1v) is 11.3. The predicted molar refractivity (Wildman–Crippen MR) is 120 cm³/mol. The fourth-order valence-electron chi connectivity index (χ4n) is 2.71. The van der Waals surface area contributed by atoms with Gasteiger partial charge in [-0.15, -0.1) is 0 Å². The summed E-state index contributed by atoms with van der Waals surface area (Å²) in [6.07, 6.45) is 1.72. The third-order valence-corrected chi connectivity index (χ3v) is 5.64. The van der Waals surface area contributed by atoms with Crippen LogP contribution in [0.5, 0.6) is 0 Å². The summed E-state index contributed by atoms with van der Waals surface area (Å²) >= 11 is 5.83. The van der Waals surface area contributed by atoms with Crippen molar-refractivity contribution < 1.29 is 8.42 Å². The summed E-state index contributed by atoms with van der Waals surface area (Å²) in [6, 6.07) is 12.3. The van der Waals surface area contributed by atoms with Gasteiger partial charge in [-0.25, -0.2) is 28.1 Å². The zero-order chi connectivity index (χ0) is 21.6. The summed E-state index contributed by atoms with van der Waals surface area (Å²) in [5.41, 5.74) is 1.76. The smallest absolute Gasteiger partial charge is 0.215 e. The largest absolute Gasteiger partial charge is 0.369 e. The van der Waals surface area contributed by atoms with Crippen molar-refractivity contribution in [3.05, 3.63) is 70.6 Å². The Morgan fingerprint density at radius 3 is 2.40 bits per heavy atom. The van der Waals surface area contributed by atoms with Gasteiger partial charge >= 0.3 is 0 Å². The van der Waals surface area contributed by atoms with Gasteiger partial charge in [0.1, 0.15) is 23.3 Å². The van der Waals surface area contributed by atoms with Crippen LogP contribution >= 0.6 is 11.6 Å². The summed E-state index contributed by atoms with van der Waals surface area (Å²) in [7, 11) is -3.45. The lowest BCUT2D eigenvalue weighted by Crippen LogP contribution is -2.30. The van der Waals surface area contributed by atoms with Crippen molar-refractivity contribution in [1.29, 1.82) is 0 Å². The van der Waals surface area contributed by atoms with Gasteiger partial charge in [0.2, 0.25) is 10.0 Å². The Kier molecular flexibility index (Phi) is 7.20. The van der Waals surface area contributed by atoms with Gasteiger partial charge in [-0.05, 0) is 49.2 Å². The Morgan fingerprint density at radius 2 is 1.67 bits per heavy atom. The van der Waals surface area contributed by atoms with Crippen LogP contribution in [0.25, 0.3) is 0 Å². The molecule has 30 heavy (non-hydrogen) atoms. The summed E-state index contributed by atoms with van der Waals surface area (Å²) in [4.78, 5) is 12.9. The highest BCUT2D eigenvalue weighted by Gasteiger charge is 2.11. The van der Waals surface area contributed by atoms with E-state index in [0.29, 0.717) is 40.4 Å². The number of rotatable bonds is 9. The lowest BCUT2D eigenvalue weighted by molar-refractivity contribution is 0.582. The molecule has 0 aliphatic heterocycles. The molecule has 0 aliphatic carbocycles. The Labute approximate surface area is 181 Å². The molecule has 2 aromatic heterocycles. The van der Waals surface area contributed by atoms with Crippen LogP contribution in [0.1, 0.15) is 17.0 Å². The van der Waals surface area contributed by atoms with Crippen LogP contribution in [0.3, 0.4) is 0 Å². The normalized spacial score (nSPS) is 11.3. The molecule has 3 rings (SSSR count). The molecular formula is C20H23ClN6O2S. The van der Waals surface area contributed by atoms with E-state index in [9.17, 15) is 8.42 Å². The average molecular weight is 447 g/mol. The Morgan fingerprint density at radius 1 is 0.933 bits per heavy atom. The highest BCUT2D eigenvalue weighted by atomic mass is 35.5. The fourth-order valence-corrected chi connectivity index (χ4v) is 3.98. The fraction of sp³-hybridized carbons (Fsp3) is 0.250. The molecule has 8 nitrogen and oxygen atoms in total. The molecule has 3 aromatic rings. The average Bonchev–Trinajstić information content (AvgIpc) is 2.67. The summed E-state index contributed by atoms with van der Waals surface area (Å²) < 4.78 is 27.0. The van der Waals surface area contributed by atoms with E-state index in [0.717, 1.165) is 5.56 Å². The highest BCUT2D eigenvalue weighted by Crippen LogP contribution is 2.16. The third-order valence-electron chi connectivity index (χ3n) is 4.03. The summed E-state index contributed by atoms with van der Waals surface area (Å²) in [5.74, 6) is 2.36. The van der Waals surface area contributed by atoms with Gasteiger partial charge in [0.05, 0.1) is 5.75 Å². The summed E-state index contributed by atoms with van der Waals surface area (Å²) in [6.45, 7) is 4.37. The van der Waals surface area contributed by atoms with Gasteiger partial charge in [0.25, 0.3) is 0 Å². The van der Waals surface area contributed by atoms with Crippen LogP contribution in [-0.2, 0) is 15.8 Å². The Hall–Kier alpha value is -2.75. The van der Waals surface area contributed by atoms with Crippen molar-refractivity contribution in [2.45, 2.75) is 19.6 Å². The second-order valence-electron chi connectivity index (χ2n) is 6.74. The second kappa shape index (κ2) is 9.84. The molecule has 0 aliphatic rings. The molecule has 2 heterocycles. The van der Waals surface area contributed by atoms with Crippen LogP contribution in [0.15, 0.2) is 48.7 Å². The minimum absolute atomic E-state index is 0.103. The molecule has 10 heteroatoms. The van der Waals surface area contributed by atoms with E-state index in [1.807, 2.05) is 19.1 Å². The quantitative estimate of drug-likeness (QED) is 0.432. The number of hydrogen-bond donors (Lipinski definition) is 3. The van der Waals surface area contributed by atoms with E-state index in [1.165, 1.54) is 0 Å². The number of sulfonamides is 1. The van der Waals surface area contributed by atoms with Gasteiger partial charge in [-0.1, -0.05) is 23.7 Å². The van der Waals surface area contributed by atoms with Crippen molar-refractivity contribution in [3.8, 4) is 0 Å². The lowest BCUT2D eigenvalue weighted by Gasteiger charge is -2.11. The number of nitrogens with zero attached hydrogens (tertiary/aromatic N) is 3. The maximum absolute atomic E-state index is 12.2. The van der Waals surface area contributed by atoms with Crippen LogP contribution in [-0.4, -0.2) is 36.5 Å². The number of aryl methyl sites for hydroxylation is 2. The van der Waals surface area contributed by atoms with Crippen molar-refractivity contribution in [3.63, 3.8) is 0 Å². The van der Waals surface area contributed by atoms with E-state index in [1.54, 1.807) is 43.5 Å². The van der Waals surface area contributed by atoms with Crippen LogP contribution in [0.4, 0.5) is 17.5 Å². The SMILES string of the molecule is Cc1ccnc(Nc2cc(NCCNS(=O)(=O)Cc3ccc(Cl)cc3)nc(C)n2)c1. The van der Waals surface area contributed by atoms with E-state index >= 15 is 0 Å². The van der Waals surface area contributed by atoms with Crippen LogP contribution < -0.4 is 15.4 Å². The van der Waals surface area contributed by atoms with Crippen LogP contribution in [0, 0.1) is 13.8 Å². The predicted octanol–water partition coefficient (Wildman–Crippen LogP) is 3.42. The number of hydrogen-bond acceptors (Lipinski definition) is 7. The number of aromatic nitrogens is 3. The lowest BCUT2D eigenvalue weighted by atomic mass is 10.2. The first kappa shape index (κ1) is 21.9. The molecule has 1 aromatic carbocycles. The second-order valence-corrected chi connectivity index (χ2v) is 8.98. The number of benzene rings is 1. The minimum Gasteiger partial charge on any atom is -0.369 e. The molecule has 0 bridgehead atoms. The first-order chi connectivity index (χ1) is 14.3. The zero-order valence-electron chi connectivity index (χ0n) is 16.7. The van der Waals surface area contributed by atoms with Gasteiger partial charge in [-0.2, -0.15) is 0 Å². The number of halogens is 1.